The van der Waals surface area contributed by atoms with Crippen molar-refractivity contribution >= 4 is 12.3 Å². The lowest BCUT2D eigenvalue weighted by atomic mass is 10.1. The van der Waals surface area contributed by atoms with Crippen molar-refractivity contribution in [2.75, 3.05) is 0 Å². The summed E-state index contributed by atoms with van der Waals surface area (Å²) in [5, 5.41) is 0. The van der Waals surface area contributed by atoms with Gasteiger partial charge in [-0.3, -0.25) is 14.6 Å². The lowest BCUT2D eigenvalue weighted by Crippen LogP contribution is -1.97. The van der Waals surface area contributed by atoms with Crippen LogP contribution in [0.2, 0.25) is 0 Å². The second-order valence-electron chi connectivity index (χ2n) is 2.55. The highest BCUT2D eigenvalue weighted by molar-refractivity contribution is 5.93. The van der Waals surface area contributed by atoms with E-state index in [9.17, 15) is 9.59 Å². The third-order valence-electron chi connectivity index (χ3n) is 1.52. The van der Waals surface area contributed by atoms with E-state index in [1.807, 2.05) is 0 Å². The number of aromatic nitrogens is 1. The molecule has 0 aliphatic carbocycles. The van der Waals surface area contributed by atoms with Gasteiger partial charge in [0, 0.05) is 23.5 Å². The number of Topliss-reactive ketones (excluding diaryl/α,β-unsaturated/α-hetero) is 1. The van der Waals surface area contributed by atoms with Gasteiger partial charge in [-0.05, 0) is 13.0 Å². The zero-order valence-corrected chi connectivity index (χ0v) is 7.19. The van der Waals surface area contributed by atoms with Gasteiger partial charge in [0.05, 0.1) is 0 Å². The average molecular weight is 179 g/mol. The first-order valence-electron chi connectivity index (χ1n) is 3.74. The molecule has 0 atom stereocenters. The lowest BCUT2D eigenvalue weighted by molar-refractivity contribution is -0.129. The van der Waals surface area contributed by atoms with Gasteiger partial charge >= 0.3 is 0 Å². The van der Waals surface area contributed by atoms with E-state index in [1.165, 1.54) is 13.1 Å². The van der Waals surface area contributed by atoms with Crippen molar-refractivity contribution < 1.29 is 14.3 Å². The maximum atomic E-state index is 10.9. The third kappa shape index (κ3) is 2.66. The zero-order valence-electron chi connectivity index (χ0n) is 7.19. The number of ketones is 1. The van der Waals surface area contributed by atoms with Crippen molar-refractivity contribution in [2.24, 2.45) is 0 Å². The zero-order chi connectivity index (χ0) is 9.68. The minimum atomic E-state index is -0.0551. The monoisotopic (exact) mass is 179 g/mol. The highest BCUT2D eigenvalue weighted by atomic mass is 16.5. The van der Waals surface area contributed by atoms with Gasteiger partial charge in [0.25, 0.3) is 6.47 Å². The van der Waals surface area contributed by atoms with Crippen molar-refractivity contribution in [1.29, 1.82) is 0 Å². The molecule has 0 aliphatic rings. The molecule has 1 aromatic rings. The van der Waals surface area contributed by atoms with E-state index in [0.29, 0.717) is 17.6 Å². The Morgan fingerprint density at radius 2 is 2.38 bits per heavy atom. The number of nitrogens with zero attached hydrogens (tertiary/aromatic N) is 1. The quantitative estimate of drug-likeness (QED) is 0.510. The molecule has 4 nitrogen and oxygen atoms in total. The summed E-state index contributed by atoms with van der Waals surface area (Å²) < 4.78 is 4.52. The van der Waals surface area contributed by atoms with Crippen molar-refractivity contribution in [1.82, 2.24) is 4.98 Å². The molecule has 0 spiro atoms. The topological polar surface area (TPSA) is 56.3 Å². The number of rotatable bonds is 4. The third-order valence-corrected chi connectivity index (χ3v) is 1.52. The first-order valence-corrected chi connectivity index (χ1v) is 3.74. The summed E-state index contributed by atoms with van der Waals surface area (Å²) >= 11 is 0. The van der Waals surface area contributed by atoms with Crippen LogP contribution in [0, 0.1) is 0 Å². The van der Waals surface area contributed by atoms with Crippen LogP contribution < -0.4 is 0 Å². The normalized spacial score (nSPS) is 9.31. The standard InChI is InChI=1S/C9H9NO3/c1-7(12)9-2-8(3-10-4-9)5-13-6-11/h2-4,6H,5H2,1H3. The predicted molar refractivity (Wildman–Crippen MR) is 45.1 cm³/mol. The van der Waals surface area contributed by atoms with Gasteiger partial charge in [0.1, 0.15) is 6.61 Å². The lowest BCUT2D eigenvalue weighted by Gasteiger charge is -2.00. The molecule has 68 valence electrons. The maximum absolute atomic E-state index is 10.9. The fourth-order valence-electron chi connectivity index (χ4n) is 0.889. The molecule has 0 bridgehead atoms. The molecule has 1 heterocycles. The number of pyridine rings is 1. The van der Waals surface area contributed by atoms with E-state index < -0.39 is 0 Å². The molecular formula is C9H9NO3. The van der Waals surface area contributed by atoms with Gasteiger partial charge in [-0.1, -0.05) is 0 Å². The van der Waals surface area contributed by atoms with Crippen LogP contribution in [-0.4, -0.2) is 17.2 Å². The van der Waals surface area contributed by atoms with Crippen LogP contribution in [0.25, 0.3) is 0 Å². The Balaban J connectivity index is 2.79. The van der Waals surface area contributed by atoms with Crippen LogP contribution in [-0.2, 0) is 16.1 Å². The van der Waals surface area contributed by atoms with Gasteiger partial charge in [0.15, 0.2) is 5.78 Å². The van der Waals surface area contributed by atoms with Crippen LogP contribution in [0.5, 0.6) is 0 Å². The molecule has 0 saturated carbocycles. The Bertz CT molecular complexity index is 322. The first-order chi connectivity index (χ1) is 6.24. The summed E-state index contributed by atoms with van der Waals surface area (Å²) in [6.07, 6.45) is 3.03. The molecular weight excluding hydrogens is 170 g/mol. The second-order valence-corrected chi connectivity index (χ2v) is 2.55. The Hall–Kier alpha value is -1.71. The number of carbonyl (C=O) groups excluding carboxylic acids is 2. The molecule has 1 rings (SSSR count). The predicted octanol–water partition coefficient (Wildman–Crippen LogP) is 0.957. The average Bonchev–Trinajstić information content (AvgIpc) is 2.15. The molecule has 4 heteroatoms. The van der Waals surface area contributed by atoms with Crippen LogP contribution >= 0.6 is 0 Å². The van der Waals surface area contributed by atoms with Gasteiger partial charge in [0.2, 0.25) is 0 Å². The number of hydrogen-bond acceptors (Lipinski definition) is 4. The Kier molecular flexibility index (Phi) is 3.14. The highest BCUT2D eigenvalue weighted by Crippen LogP contribution is 2.04. The van der Waals surface area contributed by atoms with Gasteiger partial charge in [-0.15, -0.1) is 0 Å². The minimum absolute atomic E-state index is 0.0551. The minimum Gasteiger partial charge on any atom is -0.463 e. The Morgan fingerprint density at radius 1 is 1.62 bits per heavy atom. The summed E-state index contributed by atoms with van der Waals surface area (Å²) in [6.45, 7) is 1.97. The van der Waals surface area contributed by atoms with E-state index in [1.54, 1.807) is 12.3 Å². The second kappa shape index (κ2) is 4.35. The van der Waals surface area contributed by atoms with Crippen molar-refractivity contribution in [2.45, 2.75) is 13.5 Å². The fraction of sp³-hybridized carbons (Fsp3) is 0.222. The van der Waals surface area contributed by atoms with E-state index in [0.717, 1.165) is 0 Å². The SMILES string of the molecule is CC(=O)c1cncc(COC=O)c1. The summed E-state index contributed by atoms with van der Waals surface area (Å²) in [7, 11) is 0. The molecule has 0 aliphatic heterocycles. The largest absolute Gasteiger partial charge is 0.463 e. The van der Waals surface area contributed by atoms with Gasteiger partial charge in [-0.25, -0.2) is 0 Å². The van der Waals surface area contributed by atoms with Crippen LogP contribution in [0.4, 0.5) is 0 Å². The van der Waals surface area contributed by atoms with Crippen molar-refractivity contribution in [3.05, 3.63) is 29.6 Å². The summed E-state index contributed by atoms with van der Waals surface area (Å²) in [4.78, 5) is 24.7. The number of ether oxygens (including phenoxy) is 1. The molecule has 0 unspecified atom stereocenters. The van der Waals surface area contributed by atoms with Crippen LogP contribution in [0.15, 0.2) is 18.5 Å². The fourth-order valence-corrected chi connectivity index (χ4v) is 0.889. The van der Waals surface area contributed by atoms with Crippen LogP contribution in [0.3, 0.4) is 0 Å². The summed E-state index contributed by atoms with van der Waals surface area (Å²) in [5.41, 5.74) is 1.23. The molecule has 1 aromatic heterocycles. The van der Waals surface area contributed by atoms with Crippen LogP contribution in [0.1, 0.15) is 22.8 Å². The van der Waals surface area contributed by atoms with Gasteiger partial charge in [-0.2, -0.15) is 0 Å². The number of hydrogen-bond donors (Lipinski definition) is 0. The first kappa shape index (κ1) is 9.38. The molecule has 0 aromatic carbocycles. The van der Waals surface area contributed by atoms with E-state index in [4.69, 9.17) is 0 Å². The van der Waals surface area contributed by atoms with E-state index >= 15 is 0 Å². The molecule has 0 saturated heterocycles. The molecule has 0 fully saturated rings. The summed E-state index contributed by atoms with van der Waals surface area (Å²) in [5.74, 6) is -0.0551. The van der Waals surface area contributed by atoms with E-state index in [-0.39, 0.29) is 12.4 Å². The smallest absolute Gasteiger partial charge is 0.293 e. The molecule has 13 heavy (non-hydrogen) atoms. The van der Waals surface area contributed by atoms with Crippen molar-refractivity contribution in [3.63, 3.8) is 0 Å². The molecule has 0 N–H and O–H groups in total. The Morgan fingerprint density at radius 3 is 3.00 bits per heavy atom. The Labute approximate surface area is 75.5 Å². The number of carbonyl (C=O) groups is 2. The summed E-state index contributed by atoms with van der Waals surface area (Å²) in [6, 6.07) is 1.65. The van der Waals surface area contributed by atoms with Gasteiger partial charge < -0.3 is 4.74 Å². The van der Waals surface area contributed by atoms with Crippen molar-refractivity contribution in [3.8, 4) is 0 Å². The maximum Gasteiger partial charge on any atom is 0.293 e. The van der Waals surface area contributed by atoms with E-state index in [2.05, 4.69) is 9.72 Å². The highest BCUT2D eigenvalue weighted by Gasteiger charge is 2.00. The molecule has 0 radical (unpaired) electrons. The molecule has 0 amide bonds.